The zero-order valence-electron chi connectivity index (χ0n) is 19.0. The van der Waals surface area contributed by atoms with E-state index in [9.17, 15) is 8.78 Å². The van der Waals surface area contributed by atoms with Crippen molar-refractivity contribution in [3.05, 3.63) is 54.1 Å². The molecule has 0 unspecified atom stereocenters. The minimum absolute atomic E-state index is 0.198. The summed E-state index contributed by atoms with van der Waals surface area (Å²) < 4.78 is 29.0. The fraction of sp³-hybridized carbons (Fsp3) is 0.571. The number of rotatable bonds is 12. The molecule has 0 saturated heterocycles. The molecule has 0 spiro atoms. The Morgan fingerprint density at radius 1 is 0.742 bits per heavy atom. The van der Waals surface area contributed by atoms with Crippen molar-refractivity contribution in [1.29, 1.82) is 0 Å². The van der Waals surface area contributed by atoms with Crippen molar-refractivity contribution in [2.75, 3.05) is 0 Å². The lowest BCUT2D eigenvalue weighted by Gasteiger charge is -2.29. The second kappa shape index (κ2) is 12.8. The first kappa shape index (κ1) is 23.8. The summed E-state index contributed by atoms with van der Waals surface area (Å²) in [6, 6.07) is 15.7. The van der Waals surface area contributed by atoms with Crippen LogP contribution in [0.15, 0.2) is 48.5 Å². The Bertz CT molecular complexity index is 731. The molecule has 1 aliphatic rings. The van der Waals surface area contributed by atoms with Gasteiger partial charge in [0.25, 0.3) is 0 Å². The zero-order valence-corrected chi connectivity index (χ0v) is 19.0. The lowest BCUT2D eigenvalue weighted by atomic mass is 9.77. The molecule has 1 nitrogen and oxygen atoms in total. The third kappa shape index (κ3) is 7.94. The van der Waals surface area contributed by atoms with Gasteiger partial charge in [0, 0.05) is 0 Å². The van der Waals surface area contributed by atoms with Crippen molar-refractivity contribution in [2.45, 2.75) is 96.5 Å². The molecule has 0 aromatic heterocycles. The van der Waals surface area contributed by atoms with Gasteiger partial charge in [0.05, 0.1) is 0 Å². The highest BCUT2D eigenvalue weighted by atomic mass is 19.3. The van der Waals surface area contributed by atoms with Crippen molar-refractivity contribution in [1.82, 2.24) is 0 Å². The molecular weight excluding hydrogens is 390 g/mol. The van der Waals surface area contributed by atoms with Gasteiger partial charge in [0.1, 0.15) is 5.75 Å². The van der Waals surface area contributed by atoms with Gasteiger partial charge in [-0.1, -0.05) is 94.7 Å². The highest BCUT2D eigenvalue weighted by Crippen LogP contribution is 2.38. The first-order chi connectivity index (χ1) is 15.2. The molecule has 0 N–H and O–H groups in total. The standard InChI is InChI=1S/C28H38F2O/c1-2-3-4-5-6-7-8-9-22-10-12-23(13-11-22)24-14-16-25(17-15-24)26-18-20-27(21-19-26)31-28(29)30/h14-23,28H,2-13H2,1H3. The maximum absolute atomic E-state index is 12.3. The molecule has 0 heterocycles. The van der Waals surface area contributed by atoms with Crippen LogP contribution in [0.5, 0.6) is 5.75 Å². The summed E-state index contributed by atoms with van der Waals surface area (Å²) in [5, 5.41) is 0. The maximum Gasteiger partial charge on any atom is 0.387 e. The minimum Gasteiger partial charge on any atom is -0.435 e. The van der Waals surface area contributed by atoms with E-state index in [4.69, 9.17) is 0 Å². The van der Waals surface area contributed by atoms with Crippen molar-refractivity contribution in [3.63, 3.8) is 0 Å². The van der Waals surface area contributed by atoms with Crippen LogP contribution in [-0.2, 0) is 0 Å². The second-order valence-electron chi connectivity index (χ2n) is 9.15. The molecule has 3 heteroatoms. The molecule has 0 atom stereocenters. The summed E-state index contributed by atoms with van der Waals surface area (Å²) in [5.74, 6) is 1.81. The SMILES string of the molecule is CCCCCCCCCC1CCC(c2ccc(-c3ccc(OC(F)F)cc3)cc2)CC1. The molecule has 1 aliphatic carbocycles. The van der Waals surface area contributed by atoms with Gasteiger partial charge in [0.15, 0.2) is 0 Å². The molecule has 1 fully saturated rings. The van der Waals surface area contributed by atoms with Crippen LogP contribution in [0, 0.1) is 5.92 Å². The predicted molar refractivity (Wildman–Crippen MR) is 126 cm³/mol. The molecule has 0 radical (unpaired) electrons. The summed E-state index contributed by atoms with van der Waals surface area (Å²) >= 11 is 0. The summed E-state index contributed by atoms with van der Waals surface area (Å²) in [6.07, 6.45) is 16.6. The Morgan fingerprint density at radius 3 is 1.87 bits per heavy atom. The Morgan fingerprint density at radius 2 is 1.29 bits per heavy atom. The number of unbranched alkanes of at least 4 members (excludes halogenated alkanes) is 6. The lowest BCUT2D eigenvalue weighted by Crippen LogP contribution is -2.13. The van der Waals surface area contributed by atoms with E-state index in [2.05, 4.69) is 35.9 Å². The molecule has 0 amide bonds. The molecule has 1 saturated carbocycles. The Balaban J connectivity index is 1.40. The number of ether oxygens (including phenoxy) is 1. The van der Waals surface area contributed by atoms with Crippen LogP contribution >= 0.6 is 0 Å². The number of hydrogen-bond acceptors (Lipinski definition) is 1. The van der Waals surface area contributed by atoms with Crippen LogP contribution in [-0.4, -0.2) is 6.61 Å². The summed E-state index contributed by atoms with van der Waals surface area (Å²) in [4.78, 5) is 0. The summed E-state index contributed by atoms with van der Waals surface area (Å²) in [5.41, 5.74) is 3.57. The van der Waals surface area contributed by atoms with E-state index >= 15 is 0 Å². The molecule has 31 heavy (non-hydrogen) atoms. The third-order valence-electron chi connectivity index (χ3n) is 6.86. The molecule has 3 rings (SSSR count). The van der Waals surface area contributed by atoms with Crippen LogP contribution < -0.4 is 4.74 Å². The van der Waals surface area contributed by atoms with Gasteiger partial charge in [-0.2, -0.15) is 8.78 Å². The van der Waals surface area contributed by atoms with Crippen molar-refractivity contribution in [2.24, 2.45) is 5.92 Å². The summed E-state index contributed by atoms with van der Waals surface area (Å²) in [7, 11) is 0. The quantitative estimate of drug-likeness (QED) is 0.306. The molecule has 170 valence electrons. The fourth-order valence-electron chi connectivity index (χ4n) is 4.95. The average Bonchev–Trinajstić information content (AvgIpc) is 2.79. The Hall–Kier alpha value is -1.90. The number of halogens is 2. The van der Waals surface area contributed by atoms with Gasteiger partial charge in [-0.3, -0.25) is 0 Å². The zero-order chi connectivity index (χ0) is 21.9. The first-order valence-electron chi connectivity index (χ1n) is 12.3. The van der Waals surface area contributed by atoms with Gasteiger partial charge in [0.2, 0.25) is 0 Å². The summed E-state index contributed by atoms with van der Waals surface area (Å²) in [6.45, 7) is -0.504. The Kier molecular flexibility index (Phi) is 9.84. The van der Waals surface area contributed by atoms with Crippen LogP contribution in [0.1, 0.15) is 95.5 Å². The van der Waals surface area contributed by atoms with E-state index in [0.29, 0.717) is 5.92 Å². The van der Waals surface area contributed by atoms with E-state index in [1.807, 2.05) is 12.1 Å². The monoisotopic (exact) mass is 428 g/mol. The molecule has 2 aromatic rings. The van der Waals surface area contributed by atoms with E-state index in [1.54, 1.807) is 12.1 Å². The van der Waals surface area contributed by atoms with E-state index in [0.717, 1.165) is 17.0 Å². The van der Waals surface area contributed by atoms with Gasteiger partial charge in [-0.25, -0.2) is 0 Å². The van der Waals surface area contributed by atoms with Crippen LogP contribution in [0.2, 0.25) is 0 Å². The number of alkyl halides is 2. The van der Waals surface area contributed by atoms with Crippen molar-refractivity contribution in [3.8, 4) is 16.9 Å². The average molecular weight is 429 g/mol. The van der Waals surface area contributed by atoms with Crippen LogP contribution in [0.25, 0.3) is 11.1 Å². The van der Waals surface area contributed by atoms with Crippen LogP contribution in [0.4, 0.5) is 8.78 Å². The highest BCUT2D eigenvalue weighted by molar-refractivity contribution is 5.64. The maximum atomic E-state index is 12.3. The topological polar surface area (TPSA) is 9.23 Å². The van der Waals surface area contributed by atoms with Gasteiger partial charge >= 0.3 is 6.61 Å². The normalized spacial score (nSPS) is 19.0. The van der Waals surface area contributed by atoms with Gasteiger partial charge in [-0.15, -0.1) is 0 Å². The molecule has 2 aromatic carbocycles. The fourth-order valence-corrected chi connectivity index (χ4v) is 4.95. The van der Waals surface area contributed by atoms with Crippen molar-refractivity contribution >= 4 is 0 Å². The number of hydrogen-bond donors (Lipinski definition) is 0. The lowest BCUT2D eigenvalue weighted by molar-refractivity contribution is -0.0498. The van der Waals surface area contributed by atoms with Gasteiger partial charge < -0.3 is 4.74 Å². The molecular formula is C28H38F2O. The van der Waals surface area contributed by atoms with E-state index < -0.39 is 6.61 Å². The smallest absolute Gasteiger partial charge is 0.387 e. The minimum atomic E-state index is -2.78. The Labute approximate surface area is 187 Å². The van der Waals surface area contributed by atoms with E-state index in [-0.39, 0.29) is 5.75 Å². The third-order valence-corrected chi connectivity index (χ3v) is 6.86. The van der Waals surface area contributed by atoms with Crippen molar-refractivity contribution < 1.29 is 13.5 Å². The second-order valence-corrected chi connectivity index (χ2v) is 9.15. The van der Waals surface area contributed by atoms with Crippen LogP contribution in [0.3, 0.4) is 0 Å². The largest absolute Gasteiger partial charge is 0.435 e. The highest BCUT2D eigenvalue weighted by Gasteiger charge is 2.22. The number of benzene rings is 2. The van der Waals surface area contributed by atoms with E-state index in [1.165, 1.54) is 82.6 Å². The van der Waals surface area contributed by atoms with Gasteiger partial charge in [-0.05, 0) is 66.3 Å². The molecule has 0 aliphatic heterocycles. The first-order valence-corrected chi connectivity index (χ1v) is 12.3. The molecule has 0 bridgehead atoms. The predicted octanol–water partition coefficient (Wildman–Crippen LogP) is 9.37.